The summed E-state index contributed by atoms with van der Waals surface area (Å²) in [7, 11) is 0. The molecule has 126 valence electrons. The second-order valence-electron chi connectivity index (χ2n) is 6.49. The van der Waals surface area contributed by atoms with E-state index < -0.39 is 6.10 Å². The van der Waals surface area contributed by atoms with Gasteiger partial charge in [-0.25, -0.2) is 0 Å². The van der Waals surface area contributed by atoms with Gasteiger partial charge in [-0.2, -0.15) is 0 Å². The Morgan fingerprint density at radius 2 is 1.75 bits per heavy atom. The van der Waals surface area contributed by atoms with Crippen molar-refractivity contribution in [3.8, 4) is 0 Å². The molecule has 0 aliphatic carbocycles. The third-order valence-electron chi connectivity index (χ3n) is 4.81. The first kappa shape index (κ1) is 15.9. The molecule has 1 atom stereocenters. The van der Waals surface area contributed by atoms with Crippen molar-refractivity contribution in [2.75, 3.05) is 32.7 Å². The van der Waals surface area contributed by atoms with Crippen molar-refractivity contribution in [3.05, 3.63) is 47.5 Å². The Labute approximate surface area is 146 Å². The maximum Gasteiger partial charge on any atom is 0.0845 e. The fraction of sp³-hybridized carbons (Fsp3) is 0.368. The zero-order chi connectivity index (χ0) is 16.5. The van der Waals surface area contributed by atoms with Gasteiger partial charge < -0.3 is 15.0 Å². The van der Waals surface area contributed by atoms with E-state index in [0.717, 1.165) is 47.6 Å². The topological polar surface area (TPSA) is 40.4 Å². The standard InChI is InChI=1S/C19H22ClN3O/c20-14-5-6-19-17(11-14)16-3-1-2-4-18(16)23(19)13-15(24)12-22-9-7-21-8-10-22/h1-6,11,15,21,24H,7-10,12-13H2/t15-/m0/s1. The highest BCUT2D eigenvalue weighted by molar-refractivity contribution is 6.31. The number of piperazine rings is 1. The number of rotatable bonds is 4. The van der Waals surface area contributed by atoms with Gasteiger partial charge in [0.05, 0.1) is 12.6 Å². The van der Waals surface area contributed by atoms with Crippen LogP contribution in [0.2, 0.25) is 5.02 Å². The van der Waals surface area contributed by atoms with Crippen molar-refractivity contribution in [1.82, 2.24) is 14.8 Å². The van der Waals surface area contributed by atoms with E-state index in [9.17, 15) is 5.11 Å². The van der Waals surface area contributed by atoms with E-state index in [-0.39, 0.29) is 0 Å². The fourth-order valence-electron chi connectivity index (χ4n) is 3.68. The number of nitrogens with one attached hydrogen (secondary N) is 1. The van der Waals surface area contributed by atoms with Crippen LogP contribution in [0.1, 0.15) is 0 Å². The Morgan fingerprint density at radius 1 is 1.00 bits per heavy atom. The second kappa shape index (κ2) is 6.73. The van der Waals surface area contributed by atoms with E-state index in [4.69, 9.17) is 11.6 Å². The summed E-state index contributed by atoms with van der Waals surface area (Å²) in [5.74, 6) is 0. The normalized spacial score (nSPS) is 17.6. The lowest BCUT2D eigenvalue weighted by molar-refractivity contribution is 0.0936. The van der Waals surface area contributed by atoms with E-state index in [1.165, 1.54) is 5.39 Å². The van der Waals surface area contributed by atoms with Gasteiger partial charge in [0.15, 0.2) is 0 Å². The number of nitrogens with zero attached hydrogens (tertiary/aromatic N) is 2. The van der Waals surface area contributed by atoms with Crippen LogP contribution in [-0.4, -0.2) is 53.4 Å². The maximum absolute atomic E-state index is 10.6. The van der Waals surface area contributed by atoms with Crippen molar-refractivity contribution in [3.63, 3.8) is 0 Å². The van der Waals surface area contributed by atoms with Crippen molar-refractivity contribution < 1.29 is 5.11 Å². The van der Waals surface area contributed by atoms with Crippen LogP contribution in [0.15, 0.2) is 42.5 Å². The number of β-amino-alcohol motifs (C(OH)–C–C–N with tert-alkyl or cyclic N) is 1. The molecule has 1 saturated heterocycles. The molecular weight excluding hydrogens is 322 g/mol. The number of hydrogen-bond acceptors (Lipinski definition) is 3. The summed E-state index contributed by atoms with van der Waals surface area (Å²) in [6.45, 7) is 5.31. The van der Waals surface area contributed by atoms with Gasteiger partial charge in [0, 0.05) is 59.6 Å². The van der Waals surface area contributed by atoms with Crippen molar-refractivity contribution >= 4 is 33.4 Å². The second-order valence-corrected chi connectivity index (χ2v) is 6.93. The molecule has 4 nitrogen and oxygen atoms in total. The Bertz CT molecular complexity index is 854. The van der Waals surface area contributed by atoms with Crippen LogP contribution in [0.4, 0.5) is 0 Å². The zero-order valence-electron chi connectivity index (χ0n) is 13.6. The molecule has 3 aromatic rings. The molecule has 0 saturated carbocycles. The van der Waals surface area contributed by atoms with Crippen molar-refractivity contribution in [2.45, 2.75) is 12.6 Å². The molecule has 0 bridgehead atoms. The molecular formula is C19H22ClN3O. The van der Waals surface area contributed by atoms with E-state index in [0.29, 0.717) is 13.1 Å². The highest BCUT2D eigenvalue weighted by Crippen LogP contribution is 2.31. The Morgan fingerprint density at radius 3 is 2.58 bits per heavy atom. The van der Waals surface area contributed by atoms with Crippen LogP contribution in [0.25, 0.3) is 21.8 Å². The molecule has 0 spiro atoms. The Balaban J connectivity index is 1.67. The lowest BCUT2D eigenvalue weighted by Crippen LogP contribution is -2.46. The van der Waals surface area contributed by atoms with Gasteiger partial charge in [0.1, 0.15) is 0 Å². The van der Waals surface area contributed by atoms with Gasteiger partial charge in [0.2, 0.25) is 0 Å². The van der Waals surface area contributed by atoms with E-state index in [2.05, 4.69) is 33.0 Å². The molecule has 2 N–H and O–H groups in total. The first-order valence-corrected chi connectivity index (χ1v) is 8.88. The van der Waals surface area contributed by atoms with Gasteiger partial charge in [-0.1, -0.05) is 29.8 Å². The SMILES string of the molecule is O[C@@H](CN1CCNCC1)Cn1c2ccccc2c2cc(Cl)ccc21. The monoisotopic (exact) mass is 343 g/mol. The highest BCUT2D eigenvalue weighted by Gasteiger charge is 2.17. The number of benzene rings is 2. The predicted molar refractivity (Wildman–Crippen MR) is 99.8 cm³/mol. The summed E-state index contributed by atoms with van der Waals surface area (Å²) in [5.41, 5.74) is 2.27. The average Bonchev–Trinajstić information content (AvgIpc) is 2.89. The third-order valence-corrected chi connectivity index (χ3v) is 5.04. The zero-order valence-corrected chi connectivity index (χ0v) is 14.3. The van der Waals surface area contributed by atoms with Gasteiger partial charge in [-0.15, -0.1) is 0 Å². The lowest BCUT2D eigenvalue weighted by Gasteiger charge is -2.29. The number of para-hydroxylation sites is 1. The molecule has 2 heterocycles. The van der Waals surface area contributed by atoms with Gasteiger partial charge >= 0.3 is 0 Å². The molecule has 0 radical (unpaired) electrons. The van der Waals surface area contributed by atoms with Crippen LogP contribution in [-0.2, 0) is 6.54 Å². The minimum Gasteiger partial charge on any atom is -0.390 e. The highest BCUT2D eigenvalue weighted by atomic mass is 35.5. The number of fused-ring (bicyclic) bond motifs is 3. The molecule has 1 aliphatic heterocycles. The quantitative estimate of drug-likeness (QED) is 0.765. The van der Waals surface area contributed by atoms with Gasteiger partial charge in [-0.05, 0) is 24.3 Å². The first-order chi connectivity index (χ1) is 11.7. The number of aromatic nitrogens is 1. The van der Waals surface area contributed by atoms with E-state index >= 15 is 0 Å². The molecule has 24 heavy (non-hydrogen) atoms. The number of aliphatic hydroxyl groups is 1. The largest absolute Gasteiger partial charge is 0.390 e. The van der Waals surface area contributed by atoms with Crippen LogP contribution >= 0.6 is 11.6 Å². The summed E-state index contributed by atoms with van der Waals surface area (Å²) in [6, 6.07) is 14.3. The smallest absolute Gasteiger partial charge is 0.0845 e. The van der Waals surface area contributed by atoms with E-state index in [1.807, 2.05) is 24.3 Å². The average molecular weight is 344 g/mol. The molecule has 0 unspecified atom stereocenters. The Hall–Kier alpha value is -1.59. The van der Waals surface area contributed by atoms with Crippen LogP contribution in [0.3, 0.4) is 0 Å². The molecule has 1 aliphatic rings. The van der Waals surface area contributed by atoms with E-state index in [1.54, 1.807) is 0 Å². The molecule has 5 heteroatoms. The number of halogens is 1. The molecule has 1 fully saturated rings. The Kier molecular flexibility index (Phi) is 4.46. The molecule has 0 amide bonds. The summed E-state index contributed by atoms with van der Waals surface area (Å²) in [6.07, 6.45) is -0.391. The van der Waals surface area contributed by atoms with Crippen LogP contribution in [0.5, 0.6) is 0 Å². The molecule has 1 aromatic heterocycles. The first-order valence-electron chi connectivity index (χ1n) is 8.50. The van der Waals surface area contributed by atoms with Crippen LogP contribution in [0, 0.1) is 0 Å². The minimum atomic E-state index is -0.391. The molecule has 4 rings (SSSR count). The lowest BCUT2D eigenvalue weighted by atomic mass is 10.2. The summed E-state index contributed by atoms with van der Waals surface area (Å²) in [4.78, 5) is 2.33. The summed E-state index contributed by atoms with van der Waals surface area (Å²) < 4.78 is 2.22. The third kappa shape index (κ3) is 3.03. The number of aliphatic hydroxyl groups excluding tert-OH is 1. The predicted octanol–water partition coefficient (Wildman–Crippen LogP) is 2.71. The van der Waals surface area contributed by atoms with Crippen molar-refractivity contribution in [1.29, 1.82) is 0 Å². The minimum absolute atomic E-state index is 0.391. The summed E-state index contributed by atoms with van der Waals surface area (Å²) >= 11 is 6.19. The fourth-order valence-corrected chi connectivity index (χ4v) is 3.85. The number of hydrogen-bond donors (Lipinski definition) is 2. The van der Waals surface area contributed by atoms with Gasteiger partial charge in [0.25, 0.3) is 0 Å². The molecule has 2 aromatic carbocycles. The van der Waals surface area contributed by atoms with Crippen molar-refractivity contribution in [2.24, 2.45) is 0 Å². The van der Waals surface area contributed by atoms with Crippen LogP contribution < -0.4 is 5.32 Å². The maximum atomic E-state index is 10.6. The summed E-state index contributed by atoms with van der Waals surface area (Å²) in [5, 5.41) is 17.1. The van der Waals surface area contributed by atoms with Gasteiger partial charge in [-0.3, -0.25) is 4.90 Å².